The number of alkyl halides is 24. The van der Waals surface area contributed by atoms with Gasteiger partial charge in [0.1, 0.15) is 6.15 Å². The predicted molar refractivity (Wildman–Crippen MR) is 263 cm³/mol. The van der Waals surface area contributed by atoms with Crippen LogP contribution in [0, 0.1) is 0 Å². The van der Waals surface area contributed by atoms with Crippen LogP contribution < -0.4 is 26.4 Å². The van der Waals surface area contributed by atoms with Crippen LogP contribution >= 0.6 is 0 Å². The number of aryl methyl sites for hydroxylation is 1. The molecule has 0 N–H and O–H groups in total. The smallest absolute Gasteiger partial charge is 0.287 e. The lowest BCUT2D eigenvalue weighted by molar-refractivity contribution is -0.690. The van der Waals surface area contributed by atoms with E-state index in [1.54, 1.807) is 0 Å². The van der Waals surface area contributed by atoms with E-state index in [1.807, 2.05) is 42.6 Å². The summed E-state index contributed by atoms with van der Waals surface area (Å²) in [6.07, 6.45) is -38.2. The normalized spacial score (nSPS) is 13.2. The molecule has 5 aromatic carbocycles. The SMILES string of the molecule is CCCCCCCCCCCCc1cccc[n+]1CC(=O)c1ccccc1.FC(F)(F)c1cc([B-](c2cc(C(F)(F)F)cc(C(F)(F)F)c2)(c2cc(C(F)(F)F)cc(C(F)(F)F)c2)c2cc(C(F)(F)F)cc(C(F)(F)F)c2)cc(C(F)(F)F)c1. The van der Waals surface area contributed by atoms with E-state index in [0.29, 0.717) is 6.54 Å². The van der Waals surface area contributed by atoms with Crippen molar-refractivity contribution in [2.45, 2.75) is 134 Å². The first-order chi connectivity index (χ1) is 38.6. The number of aromatic nitrogens is 1. The number of pyridine rings is 1. The van der Waals surface area contributed by atoms with Crippen molar-refractivity contribution in [1.82, 2.24) is 0 Å². The first-order valence-corrected chi connectivity index (χ1v) is 25.5. The average molecular weight is 1230 g/mol. The Bertz CT molecular complexity index is 2730. The molecule has 0 radical (unpaired) electrons. The maximum absolute atomic E-state index is 14.2. The summed E-state index contributed by atoms with van der Waals surface area (Å²) in [6.45, 7) is 2.70. The van der Waals surface area contributed by atoms with E-state index in [9.17, 15) is 110 Å². The van der Waals surface area contributed by atoms with Gasteiger partial charge in [-0.2, -0.15) is 132 Å². The number of hydrogen-bond acceptors (Lipinski definition) is 1. The predicted octanol–water partition coefficient (Wildman–Crippen LogP) is 17.5. The van der Waals surface area contributed by atoms with Crippen molar-refractivity contribution in [3.8, 4) is 0 Å². The van der Waals surface area contributed by atoms with Gasteiger partial charge in [-0.3, -0.25) is 4.79 Å². The van der Waals surface area contributed by atoms with Gasteiger partial charge in [-0.05, 0) is 30.7 Å². The number of hydrogen-bond donors (Lipinski definition) is 0. The molecule has 0 fully saturated rings. The Morgan fingerprint density at radius 2 is 0.607 bits per heavy atom. The summed E-state index contributed by atoms with van der Waals surface area (Å²) in [5.41, 5.74) is -28.1. The van der Waals surface area contributed by atoms with Gasteiger partial charge < -0.3 is 0 Å². The molecule has 1 aromatic heterocycles. The van der Waals surface area contributed by atoms with Gasteiger partial charge >= 0.3 is 49.4 Å². The molecule has 0 bridgehead atoms. The lowest BCUT2D eigenvalue weighted by Crippen LogP contribution is -2.75. The molecule has 0 spiro atoms. The second-order valence-electron chi connectivity index (χ2n) is 19.8. The molecule has 0 atom stereocenters. The molecule has 0 aliphatic heterocycles. The van der Waals surface area contributed by atoms with Gasteiger partial charge in [-0.1, -0.05) is 150 Å². The van der Waals surface area contributed by atoms with Crippen LogP contribution in [0.25, 0.3) is 0 Å². The van der Waals surface area contributed by atoms with Crippen LogP contribution in [0.5, 0.6) is 0 Å². The second-order valence-corrected chi connectivity index (χ2v) is 19.8. The minimum atomic E-state index is -6.13. The highest BCUT2D eigenvalue weighted by Crippen LogP contribution is 2.41. The van der Waals surface area contributed by atoms with Crippen LogP contribution in [0.1, 0.15) is 132 Å². The van der Waals surface area contributed by atoms with Gasteiger partial charge in [0.05, 0.1) is 44.5 Å². The molecule has 6 aromatic rings. The van der Waals surface area contributed by atoms with Crippen molar-refractivity contribution in [3.63, 3.8) is 0 Å². The Balaban J connectivity index is 0.000000398. The zero-order valence-electron chi connectivity index (χ0n) is 43.6. The van der Waals surface area contributed by atoms with Crippen molar-refractivity contribution in [3.05, 3.63) is 183 Å². The fraction of sp³-hybridized carbons (Fsp3) is 0.368. The molecule has 0 aliphatic rings. The lowest BCUT2D eigenvalue weighted by atomic mass is 9.12. The summed E-state index contributed by atoms with van der Waals surface area (Å²) in [6, 6.07) is 7.03. The monoisotopic (exact) mass is 1230 g/mol. The number of benzene rings is 5. The van der Waals surface area contributed by atoms with Crippen molar-refractivity contribution in [2.75, 3.05) is 0 Å². The minimum absolute atomic E-state index is 0.177. The van der Waals surface area contributed by atoms with Gasteiger partial charge in [0.2, 0.25) is 12.3 Å². The van der Waals surface area contributed by atoms with Crippen molar-refractivity contribution in [1.29, 1.82) is 0 Å². The van der Waals surface area contributed by atoms with Crippen LogP contribution in [0.4, 0.5) is 105 Å². The number of nitrogens with zero attached hydrogens (tertiary/aromatic N) is 1. The summed E-state index contributed by atoms with van der Waals surface area (Å²) >= 11 is 0. The van der Waals surface area contributed by atoms with Gasteiger partial charge in [0, 0.05) is 24.1 Å². The van der Waals surface area contributed by atoms with Crippen molar-refractivity contribution >= 4 is 33.8 Å². The molecule has 0 amide bonds. The van der Waals surface area contributed by atoms with Crippen molar-refractivity contribution < 1.29 is 115 Å². The second kappa shape index (κ2) is 26.3. The highest BCUT2D eigenvalue weighted by molar-refractivity contribution is 7.20. The Kier molecular flexibility index (Phi) is 21.3. The van der Waals surface area contributed by atoms with E-state index in [0.717, 1.165) is 12.0 Å². The largest absolute Gasteiger partial charge is 0.416 e. The standard InChI is InChI=1S/C32H12BF24.C25H36NO/c34-25(35,36)13-1-14(26(37,38)39)6-21(5-13)33(22-7-15(27(40,41)42)2-16(8-22)28(43,44)45,23-9-17(29(46,47)48)3-18(10-23)30(49,50)51)24-11-19(31(52,53)54)4-20(12-24)32(55,56)57;1-2-3-4-5-6-7-8-9-10-14-19-24-20-15-16-21-26(24)22-25(27)23-17-12-11-13-18-23/h1-12H;11-13,15-18,20-21H,2-10,14,19,22H2,1H3/q-1;+1. The van der Waals surface area contributed by atoms with Gasteiger partial charge in [0.25, 0.3) is 0 Å². The van der Waals surface area contributed by atoms with Gasteiger partial charge in [-0.25, -0.2) is 0 Å². The molecule has 84 heavy (non-hydrogen) atoms. The van der Waals surface area contributed by atoms with E-state index in [1.165, 1.54) is 69.9 Å². The number of carbonyl (C=O) groups is 1. The highest BCUT2D eigenvalue weighted by atomic mass is 19.4. The molecule has 6 rings (SSSR count). The summed E-state index contributed by atoms with van der Waals surface area (Å²) in [5, 5.41) is 0. The number of carbonyl (C=O) groups excluding carboxylic acids is 1. The molecule has 2 nitrogen and oxygen atoms in total. The van der Waals surface area contributed by atoms with Crippen LogP contribution in [0.15, 0.2) is 128 Å². The molecule has 0 aliphatic carbocycles. The minimum Gasteiger partial charge on any atom is -0.287 e. The third kappa shape index (κ3) is 17.9. The number of unbranched alkanes of at least 4 members (excludes halogenated alkanes) is 9. The summed E-state index contributed by atoms with van der Waals surface area (Å²) in [7, 11) is 0. The quantitative estimate of drug-likeness (QED) is 0.0276. The van der Waals surface area contributed by atoms with Crippen LogP contribution in [0.3, 0.4) is 0 Å². The maximum atomic E-state index is 14.2. The van der Waals surface area contributed by atoms with Crippen LogP contribution in [-0.4, -0.2) is 11.9 Å². The molecule has 1 heterocycles. The summed E-state index contributed by atoms with van der Waals surface area (Å²) in [5.74, 6) is 0.177. The van der Waals surface area contributed by atoms with Crippen molar-refractivity contribution in [2.24, 2.45) is 0 Å². The zero-order valence-corrected chi connectivity index (χ0v) is 43.6. The summed E-state index contributed by atoms with van der Waals surface area (Å²) in [4.78, 5) is 12.5. The molecule has 0 saturated carbocycles. The zero-order chi connectivity index (χ0) is 63.1. The third-order valence-electron chi connectivity index (χ3n) is 13.7. The highest BCUT2D eigenvalue weighted by Gasteiger charge is 2.47. The molecular formula is C57H48BF24NO. The Hall–Kier alpha value is -6.70. The van der Waals surface area contributed by atoms with Crippen LogP contribution in [0.2, 0.25) is 0 Å². The molecule has 0 saturated heterocycles. The number of ketones is 1. The van der Waals surface area contributed by atoms with Gasteiger partial charge in [0.15, 0.2) is 11.9 Å². The fourth-order valence-corrected chi connectivity index (χ4v) is 9.63. The lowest BCUT2D eigenvalue weighted by Gasteiger charge is -2.46. The summed E-state index contributed by atoms with van der Waals surface area (Å²) < 4.78 is 343. The Labute approximate surface area is 464 Å². The Morgan fingerprint density at radius 3 is 0.881 bits per heavy atom. The topological polar surface area (TPSA) is 20.9 Å². The van der Waals surface area contributed by atoms with E-state index >= 15 is 0 Å². The van der Waals surface area contributed by atoms with Crippen LogP contribution in [-0.2, 0) is 62.4 Å². The van der Waals surface area contributed by atoms with E-state index in [-0.39, 0.29) is 5.78 Å². The number of halogens is 24. The first-order valence-electron chi connectivity index (χ1n) is 25.5. The molecule has 458 valence electrons. The molecular weight excluding hydrogens is 1180 g/mol. The number of rotatable bonds is 18. The van der Waals surface area contributed by atoms with E-state index < -0.39 is 195 Å². The maximum Gasteiger partial charge on any atom is 0.416 e. The average Bonchev–Trinajstić information content (AvgIpc) is 0.805. The Morgan fingerprint density at radius 1 is 0.345 bits per heavy atom. The first kappa shape index (κ1) is 68.1. The van der Waals surface area contributed by atoms with E-state index in [2.05, 4.69) is 23.6 Å². The number of Topliss-reactive ketones (excluding diaryl/α,β-unsaturated/α-hetero) is 1. The van der Waals surface area contributed by atoms with Gasteiger partial charge in [-0.15, -0.1) is 0 Å². The third-order valence-corrected chi connectivity index (χ3v) is 13.7. The molecule has 27 heteroatoms. The van der Waals surface area contributed by atoms with E-state index in [4.69, 9.17) is 0 Å². The fourth-order valence-electron chi connectivity index (χ4n) is 9.63. The molecule has 0 unspecified atom stereocenters.